The molecule has 0 spiro atoms. The normalized spacial score (nSPS) is 14.9. The molecular weight excluding hydrogens is 184 g/mol. The van der Waals surface area contributed by atoms with E-state index in [2.05, 4.69) is 4.98 Å². The molecule has 1 aromatic heterocycles. The molecule has 0 aliphatic rings. The smallest absolute Gasteiger partial charge is 0.143 e. The van der Waals surface area contributed by atoms with E-state index < -0.39 is 12.2 Å². The maximum absolute atomic E-state index is 9.63. The lowest BCUT2D eigenvalue weighted by Crippen LogP contribution is -2.28. The second kappa shape index (κ2) is 4.90. The van der Waals surface area contributed by atoms with Gasteiger partial charge in [0.1, 0.15) is 17.5 Å². The predicted octanol–water partition coefficient (Wildman–Crippen LogP) is -0.557. The zero-order valence-corrected chi connectivity index (χ0v) is 7.92. The number of hydrogen-bond donors (Lipinski definition) is 3. The third-order valence-corrected chi connectivity index (χ3v) is 1.91. The minimum atomic E-state index is -1.11. The van der Waals surface area contributed by atoms with Gasteiger partial charge in [-0.3, -0.25) is 4.98 Å². The van der Waals surface area contributed by atoms with Gasteiger partial charge < -0.3 is 20.7 Å². The minimum absolute atomic E-state index is 0.0269. The molecule has 0 radical (unpaired) electrons. The van der Waals surface area contributed by atoms with Crippen molar-refractivity contribution in [3.63, 3.8) is 0 Å². The Hall–Kier alpha value is -1.17. The molecule has 4 N–H and O–H groups in total. The average Bonchev–Trinajstić information content (AvgIpc) is 2.26. The molecule has 0 amide bonds. The van der Waals surface area contributed by atoms with Crippen LogP contribution in [0.15, 0.2) is 18.3 Å². The third-order valence-electron chi connectivity index (χ3n) is 1.91. The number of methoxy groups -OCH3 is 1. The van der Waals surface area contributed by atoms with E-state index in [1.165, 1.54) is 13.3 Å². The van der Waals surface area contributed by atoms with Crippen LogP contribution in [0.25, 0.3) is 0 Å². The molecule has 5 nitrogen and oxygen atoms in total. The largest absolute Gasteiger partial charge is 0.495 e. The maximum atomic E-state index is 9.63. The molecule has 1 heterocycles. The van der Waals surface area contributed by atoms with Gasteiger partial charge in [-0.15, -0.1) is 0 Å². The summed E-state index contributed by atoms with van der Waals surface area (Å²) < 4.78 is 4.99. The Labute approximate surface area is 82.2 Å². The highest BCUT2D eigenvalue weighted by molar-refractivity contribution is 5.29. The summed E-state index contributed by atoms with van der Waals surface area (Å²) in [6.45, 7) is -0.0269. The zero-order valence-electron chi connectivity index (χ0n) is 7.92. The number of hydrogen-bond acceptors (Lipinski definition) is 5. The van der Waals surface area contributed by atoms with E-state index in [1.54, 1.807) is 12.1 Å². The molecule has 0 aliphatic heterocycles. The molecule has 0 aliphatic carbocycles. The molecule has 1 rings (SSSR count). The Bertz CT molecular complexity index is 293. The molecule has 0 saturated carbocycles. The van der Waals surface area contributed by atoms with Crippen molar-refractivity contribution >= 4 is 0 Å². The van der Waals surface area contributed by atoms with Crippen LogP contribution in [0.5, 0.6) is 5.75 Å². The van der Waals surface area contributed by atoms with Gasteiger partial charge in [0, 0.05) is 12.7 Å². The van der Waals surface area contributed by atoms with Crippen molar-refractivity contribution in [2.45, 2.75) is 12.2 Å². The molecule has 2 unspecified atom stereocenters. The first-order valence-electron chi connectivity index (χ1n) is 4.25. The standard InChI is InChI=1S/C9H14N2O3/c1-14-7-3-2-4-11-8(7)9(13)6(12)5-10/h2-4,6,9,12-13H,5,10H2,1H3. The van der Waals surface area contributed by atoms with Crippen molar-refractivity contribution in [2.24, 2.45) is 5.73 Å². The van der Waals surface area contributed by atoms with Gasteiger partial charge in [0.25, 0.3) is 0 Å². The lowest BCUT2D eigenvalue weighted by molar-refractivity contribution is 0.0202. The van der Waals surface area contributed by atoms with Gasteiger partial charge >= 0.3 is 0 Å². The fourth-order valence-electron chi connectivity index (χ4n) is 1.11. The van der Waals surface area contributed by atoms with Gasteiger partial charge in [-0.2, -0.15) is 0 Å². The van der Waals surface area contributed by atoms with Crippen LogP contribution in [0.4, 0.5) is 0 Å². The Morgan fingerprint density at radius 2 is 2.29 bits per heavy atom. The Morgan fingerprint density at radius 1 is 1.57 bits per heavy atom. The molecule has 0 bridgehead atoms. The van der Waals surface area contributed by atoms with Crippen molar-refractivity contribution in [1.29, 1.82) is 0 Å². The third kappa shape index (κ3) is 2.20. The number of pyridine rings is 1. The van der Waals surface area contributed by atoms with E-state index in [1.807, 2.05) is 0 Å². The van der Waals surface area contributed by atoms with Gasteiger partial charge in [0.2, 0.25) is 0 Å². The number of ether oxygens (including phenoxy) is 1. The SMILES string of the molecule is COc1cccnc1C(O)C(O)CN. The van der Waals surface area contributed by atoms with E-state index in [4.69, 9.17) is 10.5 Å². The Balaban J connectivity index is 2.93. The molecule has 78 valence electrons. The zero-order chi connectivity index (χ0) is 10.6. The first-order valence-corrected chi connectivity index (χ1v) is 4.25. The molecule has 5 heteroatoms. The van der Waals surface area contributed by atoms with Crippen molar-refractivity contribution in [3.05, 3.63) is 24.0 Å². The van der Waals surface area contributed by atoms with Crippen molar-refractivity contribution in [2.75, 3.05) is 13.7 Å². The van der Waals surface area contributed by atoms with E-state index in [9.17, 15) is 10.2 Å². The number of nitrogens with zero attached hydrogens (tertiary/aromatic N) is 1. The van der Waals surface area contributed by atoms with Crippen LogP contribution in [0.3, 0.4) is 0 Å². The maximum Gasteiger partial charge on any atom is 0.143 e. The second-order valence-corrected chi connectivity index (χ2v) is 2.84. The minimum Gasteiger partial charge on any atom is -0.495 e. The highest BCUT2D eigenvalue weighted by Crippen LogP contribution is 2.23. The number of aliphatic hydroxyl groups excluding tert-OH is 2. The first-order chi connectivity index (χ1) is 6.70. The molecular formula is C9H14N2O3. The Morgan fingerprint density at radius 3 is 2.86 bits per heavy atom. The van der Waals surface area contributed by atoms with Gasteiger partial charge in [-0.25, -0.2) is 0 Å². The highest BCUT2D eigenvalue weighted by atomic mass is 16.5. The van der Waals surface area contributed by atoms with Crippen LogP contribution >= 0.6 is 0 Å². The van der Waals surface area contributed by atoms with Gasteiger partial charge in [0.05, 0.1) is 13.2 Å². The van der Waals surface area contributed by atoms with Crippen molar-refractivity contribution < 1.29 is 14.9 Å². The van der Waals surface area contributed by atoms with E-state index in [0.717, 1.165) is 0 Å². The highest BCUT2D eigenvalue weighted by Gasteiger charge is 2.21. The summed E-state index contributed by atoms with van der Waals surface area (Å²) >= 11 is 0. The lowest BCUT2D eigenvalue weighted by atomic mass is 10.1. The topological polar surface area (TPSA) is 88.6 Å². The molecule has 0 fully saturated rings. The van der Waals surface area contributed by atoms with Crippen LogP contribution in [-0.2, 0) is 0 Å². The number of aliphatic hydroxyl groups is 2. The van der Waals surface area contributed by atoms with Crippen molar-refractivity contribution in [1.82, 2.24) is 4.98 Å². The Kier molecular flexibility index (Phi) is 3.82. The average molecular weight is 198 g/mol. The van der Waals surface area contributed by atoms with Crippen molar-refractivity contribution in [3.8, 4) is 5.75 Å². The van der Waals surface area contributed by atoms with E-state index in [-0.39, 0.29) is 6.54 Å². The van der Waals surface area contributed by atoms with Crippen LogP contribution in [0.1, 0.15) is 11.8 Å². The quantitative estimate of drug-likeness (QED) is 0.603. The second-order valence-electron chi connectivity index (χ2n) is 2.84. The van der Waals surface area contributed by atoms with Gasteiger partial charge in [0.15, 0.2) is 0 Å². The van der Waals surface area contributed by atoms with Crippen LogP contribution in [0.2, 0.25) is 0 Å². The molecule has 2 atom stereocenters. The molecule has 0 saturated heterocycles. The fraction of sp³-hybridized carbons (Fsp3) is 0.444. The summed E-state index contributed by atoms with van der Waals surface area (Å²) in [4.78, 5) is 3.93. The molecule has 1 aromatic rings. The molecule has 0 aromatic carbocycles. The summed E-state index contributed by atoms with van der Waals surface area (Å²) in [5.41, 5.74) is 5.52. The predicted molar refractivity (Wildman–Crippen MR) is 50.8 cm³/mol. The van der Waals surface area contributed by atoms with E-state index in [0.29, 0.717) is 11.4 Å². The summed E-state index contributed by atoms with van der Waals surface area (Å²) in [5.74, 6) is 0.438. The number of aromatic nitrogens is 1. The van der Waals surface area contributed by atoms with Gasteiger partial charge in [-0.05, 0) is 12.1 Å². The van der Waals surface area contributed by atoms with Crippen LogP contribution in [-0.4, -0.2) is 35.0 Å². The first kappa shape index (κ1) is 10.9. The lowest BCUT2D eigenvalue weighted by Gasteiger charge is -2.17. The number of nitrogens with two attached hydrogens (primary N) is 1. The monoisotopic (exact) mass is 198 g/mol. The van der Waals surface area contributed by atoms with Crippen LogP contribution < -0.4 is 10.5 Å². The van der Waals surface area contributed by atoms with Gasteiger partial charge in [-0.1, -0.05) is 0 Å². The number of rotatable bonds is 4. The molecule has 14 heavy (non-hydrogen) atoms. The summed E-state index contributed by atoms with van der Waals surface area (Å²) in [7, 11) is 1.47. The summed E-state index contributed by atoms with van der Waals surface area (Å²) in [5, 5.41) is 19.0. The summed E-state index contributed by atoms with van der Waals surface area (Å²) in [6.07, 6.45) is -0.625. The van der Waals surface area contributed by atoms with E-state index >= 15 is 0 Å². The summed E-state index contributed by atoms with van der Waals surface area (Å²) in [6, 6.07) is 3.35. The fourth-order valence-corrected chi connectivity index (χ4v) is 1.11. The van der Waals surface area contributed by atoms with Crippen LogP contribution in [0, 0.1) is 0 Å².